The molecule has 1 unspecified atom stereocenters. The van der Waals surface area contributed by atoms with E-state index in [0.29, 0.717) is 25.0 Å². The van der Waals surface area contributed by atoms with Crippen LogP contribution in [-0.2, 0) is 0 Å². The highest BCUT2D eigenvalue weighted by Gasteiger charge is 2.49. The van der Waals surface area contributed by atoms with E-state index in [1.807, 2.05) is 18.2 Å². The van der Waals surface area contributed by atoms with Gasteiger partial charge in [-0.3, -0.25) is 0 Å². The maximum Gasteiger partial charge on any atom is 0.391 e. The quantitative estimate of drug-likeness (QED) is 0.723. The third-order valence-electron chi connectivity index (χ3n) is 4.65. The predicted octanol–water partition coefficient (Wildman–Crippen LogP) is 4.72. The maximum atomic E-state index is 12.8. The van der Waals surface area contributed by atoms with Gasteiger partial charge in [-0.2, -0.15) is 13.2 Å². The SMILES string of the molecule is NC1CC2(CCC(C(F)(F)F)CC2)Oc2cc(Br)ccc21. The van der Waals surface area contributed by atoms with E-state index in [0.717, 1.165) is 10.0 Å². The number of benzene rings is 1. The van der Waals surface area contributed by atoms with Crippen LogP contribution in [0.4, 0.5) is 13.2 Å². The van der Waals surface area contributed by atoms with E-state index in [9.17, 15) is 13.2 Å². The second-order valence-electron chi connectivity index (χ2n) is 6.09. The smallest absolute Gasteiger partial charge is 0.391 e. The molecule has 1 aromatic carbocycles. The van der Waals surface area contributed by atoms with Crippen LogP contribution < -0.4 is 10.5 Å². The number of rotatable bonds is 0. The first kappa shape index (κ1) is 15.2. The van der Waals surface area contributed by atoms with Gasteiger partial charge in [-0.15, -0.1) is 0 Å². The molecule has 0 aromatic heterocycles. The molecule has 0 bridgehead atoms. The van der Waals surface area contributed by atoms with Crippen molar-refractivity contribution in [3.8, 4) is 5.75 Å². The van der Waals surface area contributed by atoms with Gasteiger partial charge in [-0.05, 0) is 37.8 Å². The van der Waals surface area contributed by atoms with Gasteiger partial charge in [0.15, 0.2) is 0 Å². The van der Waals surface area contributed by atoms with Gasteiger partial charge in [0.25, 0.3) is 0 Å². The van der Waals surface area contributed by atoms with Gasteiger partial charge in [0.2, 0.25) is 0 Å². The Hall–Kier alpha value is -0.750. The van der Waals surface area contributed by atoms with Gasteiger partial charge in [-0.25, -0.2) is 0 Å². The van der Waals surface area contributed by atoms with Gasteiger partial charge >= 0.3 is 6.18 Å². The van der Waals surface area contributed by atoms with E-state index in [-0.39, 0.29) is 18.9 Å². The second-order valence-corrected chi connectivity index (χ2v) is 7.01. The number of hydrogen-bond acceptors (Lipinski definition) is 2. The lowest BCUT2D eigenvalue weighted by molar-refractivity contribution is -0.191. The first-order chi connectivity index (χ1) is 9.79. The molecule has 0 amide bonds. The Morgan fingerprint density at radius 1 is 1.24 bits per heavy atom. The van der Waals surface area contributed by atoms with Crippen molar-refractivity contribution in [3.05, 3.63) is 28.2 Å². The van der Waals surface area contributed by atoms with Crippen molar-refractivity contribution in [2.75, 3.05) is 0 Å². The molecule has 1 aromatic rings. The van der Waals surface area contributed by atoms with E-state index in [2.05, 4.69) is 15.9 Å². The standard InChI is InChI=1S/C15H17BrF3NO/c16-10-1-2-11-12(20)8-14(21-13(11)7-10)5-3-9(4-6-14)15(17,18)19/h1-2,7,9,12H,3-6,8,20H2. The van der Waals surface area contributed by atoms with E-state index < -0.39 is 17.7 Å². The van der Waals surface area contributed by atoms with E-state index >= 15 is 0 Å². The lowest BCUT2D eigenvalue weighted by Gasteiger charge is -2.45. The molecule has 116 valence electrons. The van der Waals surface area contributed by atoms with Gasteiger partial charge in [0.1, 0.15) is 11.4 Å². The number of alkyl halides is 3. The maximum absolute atomic E-state index is 12.8. The van der Waals surface area contributed by atoms with E-state index in [1.54, 1.807) is 0 Å². The zero-order valence-corrected chi connectivity index (χ0v) is 13.0. The Bertz CT molecular complexity index is 538. The normalized spacial score (nSPS) is 32.6. The minimum atomic E-state index is -4.10. The van der Waals surface area contributed by atoms with Crippen molar-refractivity contribution in [2.24, 2.45) is 11.7 Å². The van der Waals surface area contributed by atoms with Crippen LogP contribution in [0.5, 0.6) is 5.75 Å². The van der Waals surface area contributed by atoms with Gasteiger partial charge in [0, 0.05) is 22.5 Å². The molecule has 0 radical (unpaired) electrons. The Labute approximate surface area is 130 Å². The summed E-state index contributed by atoms with van der Waals surface area (Å²) in [5.74, 6) is -0.500. The van der Waals surface area contributed by atoms with Crippen molar-refractivity contribution in [3.63, 3.8) is 0 Å². The zero-order chi connectivity index (χ0) is 15.3. The van der Waals surface area contributed by atoms with Crippen LogP contribution in [0.3, 0.4) is 0 Å². The van der Waals surface area contributed by atoms with Crippen molar-refractivity contribution in [1.29, 1.82) is 0 Å². The fourth-order valence-corrected chi connectivity index (χ4v) is 3.81. The van der Waals surface area contributed by atoms with Crippen LogP contribution in [-0.4, -0.2) is 11.8 Å². The molecule has 1 saturated carbocycles. The second kappa shape index (κ2) is 5.16. The Morgan fingerprint density at radius 2 is 1.90 bits per heavy atom. The lowest BCUT2D eigenvalue weighted by atomic mass is 9.73. The summed E-state index contributed by atoms with van der Waals surface area (Å²) >= 11 is 3.39. The summed E-state index contributed by atoms with van der Waals surface area (Å²) in [6, 6.07) is 5.49. The minimum absolute atomic E-state index is 0.125. The molecule has 1 atom stereocenters. The summed E-state index contributed by atoms with van der Waals surface area (Å²) in [4.78, 5) is 0. The summed E-state index contributed by atoms with van der Waals surface area (Å²) in [5, 5.41) is 0. The largest absolute Gasteiger partial charge is 0.487 e. The molecule has 3 rings (SSSR count). The highest BCUT2D eigenvalue weighted by atomic mass is 79.9. The average molecular weight is 364 g/mol. The molecule has 0 saturated heterocycles. The topological polar surface area (TPSA) is 35.2 Å². The monoisotopic (exact) mass is 363 g/mol. The molecule has 1 heterocycles. The highest BCUT2D eigenvalue weighted by Crippen LogP contribution is 2.49. The number of ether oxygens (including phenoxy) is 1. The number of halogens is 4. The van der Waals surface area contributed by atoms with E-state index in [1.165, 1.54) is 0 Å². The summed E-state index contributed by atoms with van der Waals surface area (Å²) in [6.45, 7) is 0. The molecule has 1 fully saturated rings. The Morgan fingerprint density at radius 3 is 2.52 bits per heavy atom. The molecule has 2 N–H and O–H groups in total. The van der Waals surface area contributed by atoms with Gasteiger partial charge in [0.05, 0.1) is 5.92 Å². The number of fused-ring (bicyclic) bond motifs is 1. The Kier molecular flexibility index (Phi) is 3.72. The summed E-state index contributed by atoms with van der Waals surface area (Å²) in [6.07, 6.45) is -2.43. The fraction of sp³-hybridized carbons (Fsp3) is 0.600. The zero-order valence-electron chi connectivity index (χ0n) is 11.4. The fourth-order valence-electron chi connectivity index (χ4n) is 3.47. The third kappa shape index (κ3) is 2.93. The van der Waals surface area contributed by atoms with Crippen LogP contribution in [0.2, 0.25) is 0 Å². The first-order valence-electron chi connectivity index (χ1n) is 7.10. The molecule has 2 nitrogen and oxygen atoms in total. The molecule has 2 aliphatic rings. The van der Waals surface area contributed by atoms with E-state index in [4.69, 9.17) is 10.5 Å². The van der Waals surface area contributed by atoms with Crippen LogP contribution in [0.25, 0.3) is 0 Å². The van der Waals surface area contributed by atoms with Crippen molar-refractivity contribution in [2.45, 2.75) is 49.9 Å². The molecule has 21 heavy (non-hydrogen) atoms. The lowest BCUT2D eigenvalue weighted by Crippen LogP contribution is -2.47. The number of nitrogens with two attached hydrogens (primary N) is 1. The molecule has 1 aliphatic carbocycles. The third-order valence-corrected chi connectivity index (χ3v) is 5.15. The molecule has 1 spiro atoms. The molecule has 6 heteroatoms. The van der Waals surface area contributed by atoms with Crippen LogP contribution in [0.1, 0.15) is 43.7 Å². The first-order valence-corrected chi connectivity index (χ1v) is 7.89. The van der Waals surface area contributed by atoms with Crippen LogP contribution in [0, 0.1) is 5.92 Å². The highest BCUT2D eigenvalue weighted by molar-refractivity contribution is 9.10. The summed E-state index contributed by atoms with van der Waals surface area (Å²) in [5.41, 5.74) is 6.60. The Balaban J connectivity index is 1.80. The van der Waals surface area contributed by atoms with Crippen LogP contribution in [0.15, 0.2) is 22.7 Å². The van der Waals surface area contributed by atoms with Crippen molar-refractivity contribution >= 4 is 15.9 Å². The summed E-state index contributed by atoms with van der Waals surface area (Å²) in [7, 11) is 0. The molecule has 1 aliphatic heterocycles. The van der Waals surface area contributed by atoms with Gasteiger partial charge < -0.3 is 10.5 Å². The average Bonchev–Trinajstić information content (AvgIpc) is 2.37. The molecular weight excluding hydrogens is 347 g/mol. The van der Waals surface area contributed by atoms with Crippen molar-refractivity contribution in [1.82, 2.24) is 0 Å². The van der Waals surface area contributed by atoms with Crippen LogP contribution >= 0.6 is 15.9 Å². The molecular formula is C15H17BrF3NO. The minimum Gasteiger partial charge on any atom is -0.487 e. The summed E-state index contributed by atoms with van der Waals surface area (Å²) < 4.78 is 45.4. The van der Waals surface area contributed by atoms with Crippen molar-refractivity contribution < 1.29 is 17.9 Å². The number of hydrogen-bond donors (Lipinski definition) is 1. The predicted molar refractivity (Wildman–Crippen MR) is 77.1 cm³/mol. The van der Waals surface area contributed by atoms with Gasteiger partial charge in [-0.1, -0.05) is 22.0 Å².